The largest absolute Gasteiger partial charge is 0.370 e. The maximum atomic E-state index is 4.86. The lowest BCUT2D eigenvalue weighted by molar-refractivity contribution is 0.172. The smallest absolute Gasteiger partial charge is 0.194 e. The lowest BCUT2D eigenvalue weighted by atomic mass is 10.2. The number of benzene rings is 1. The van der Waals surface area contributed by atoms with E-state index in [1.54, 1.807) is 0 Å². The fraction of sp³-hybridized carbons (Fsp3) is 0.478. The number of rotatable bonds is 9. The molecule has 1 fully saturated rings. The Balaban J connectivity index is 1.37. The highest BCUT2D eigenvalue weighted by atomic mass is 15.3. The summed E-state index contributed by atoms with van der Waals surface area (Å²) in [6, 6.07) is 16.7. The van der Waals surface area contributed by atoms with E-state index in [9.17, 15) is 0 Å². The Morgan fingerprint density at radius 3 is 2.52 bits per heavy atom. The Kier molecular flexibility index (Phi) is 8.79. The molecule has 1 saturated heterocycles. The van der Waals surface area contributed by atoms with Gasteiger partial charge in [0.25, 0.3) is 0 Å². The zero-order valence-corrected chi connectivity index (χ0v) is 17.6. The van der Waals surface area contributed by atoms with E-state index < -0.39 is 0 Å². The number of aromatic nitrogens is 1. The van der Waals surface area contributed by atoms with Crippen molar-refractivity contribution in [1.82, 2.24) is 20.1 Å². The summed E-state index contributed by atoms with van der Waals surface area (Å²) in [6.07, 6.45) is 3.97. The average molecular weight is 395 g/mol. The Morgan fingerprint density at radius 2 is 1.79 bits per heavy atom. The molecule has 1 aromatic heterocycles. The molecule has 1 aliphatic rings. The van der Waals surface area contributed by atoms with Crippen molar-refractivity contribution in [2.24, 2.45) is 4.99 Å². The summed E-state index contributed by atoms with van der Waals surface area (Å²) >= 11 is 0. The minimum absolute atomic E-state index is 0.858. The third kappa shape index (κ3) is 7.38. The average Bonchev–Trinajstić information content (AvgIpc) is 2.77. The van der Waals surface area contributed by atoms with Gasteiger partial charge in [0, 0.05) is 58.6 Å². The maximum absolute atomic E-state index is 4.86. The Hall–Kier alpha value is -2.60. The van der Waals surface area contributed by atoms with Crippen LogP contribution in [0.1, 0.15) is 25.3 Å². The maximum Gasteiger partial charge on any atom is 0.194 e. The molecular formula is C23H34N6. The lowest BCUT2D eigenvalue weighted by Crippen LogP contribution is -2.52. The quantitative estimate of drug-likeness (QED) is 0.389. The van der Waals surface area contributed by atoms with Crippen LogP contribution < -0.4 is 10.6 Å². The van der Waals surface area contributed by atoms with Crippen molar-refractivity contribution in [3.63, 3.8) is 0 Å². The van der Waals surface area contributed by atoms with E-state index >= 15 is 0 Å². The van der Waals surface area contributed by atoms with Crippen LogP contribution >= 0.6 is 0 Å². The molecule has 2 N–H and O–H groups in total. The normalized spacial score (nSPS) is 15.3. The second-order valence-electron chi connectivity index (χ2n) is 7.33. The molecule has 0 aliphatic carbocycles. The zero-order valence-electron chi connectivity index (χ0n) is 17.6. The van der Waals surface area contributed by atoms with Crippen molar-refractivity contribution < 1.29 is 0 Å². The van der Waals surface area contributed by atoms with Gasteiger partial charge in [-0.15, -0.1) is 0 Å². The summed E-state index contributed by atoms with van der Waals surface area (Å²) in [7, 11) is 0. The number of nitrogens with one attached hydrogen (secondary N) is 2. The van der Waals surface area contributed by atoms with Crippen LogP contribution in [-0.2, 0) is 6.54 Å². The SMILES string of the molecule is CCNC(=NCCCCNc1ccccn1)N1CCN(Cc2ccccc2)CC1. The summed E-state index contributed by atoms with van der Waals surface area (Å²) in [5.41, 5.74) is 1.39. The fourth-order valence-electron chi connectivity index (χ4n) is 3.49. The molecule has 0 radical (unpaired) electrons. The number of unbranched alkanes of at least 4 members (excludes halogenated alkanes) is 1. The van der Waals surface area contributed by atoms with Crippen LogP contribution in [0.2, 0.25) is 0 Å². The first kappa shape index (κ1) is 21.1. The monoisotopic (exact) mass is 394 g/mol. The summed E-state index contributed by atoms with van der Waals surface area (Å²) in [5, 5.41) is 6.82. The first-order valence-electron chi connectivity index (χ1n) is 10.8. The second kappa shape index (κ2) is 12.1. The molecule has 0 saturated carbocycles. The molecule has 156 valence electrons. The van der Waals surface area contributed by atoms with Gasteiger partial charge >= 0.3 is 0 Å². The van der Waals surface area contributed by atoms with Crippen LogP contribution in [0.25, 0.3) is 0 Å². The summed E-state index contributed by atoms with van der Waals surface area (Å²) < 4.78 is 0. The van der Waals surface area contributed by atoms with Gasteiger partial charge in [0.15, 0.2) is 5.96 Å². The molecule has 0 spiro atoms. The molecule has 3 rings (SSSR count). The van der Waals surface area contributed by atoms with Gasteiger partial charge in [-0.3, -0.25) is 9.89 Å². The van der Waals surface area contributed by atoms with Gasteiger partial charge < -0.3 is 15.5 Å². The first-order valence-corrected chi connectivity index (χ1v) is 10.8. The molecule has 0 amide bonds. The Morgan fingerprint density at radius 1 is 1.00 bits per heavy atom. The number of piperazine rings is 1. The molecule has 2 aromatic rings. The van der Waals surface area contributed by atoms with Crippen LogP contribution in [0.3, 0.4) is 0 Å². The van der Waals surface area contributed by atoms with E-state index in [0.717, 1.165) is 77.0 Å². The molecular weight excluding hydrogens is 360 g/mol. The number of guanidine groups is 1. The van der Waals surface area contributed by atoms with Gasteiger partial charge in [0.1, 0.15) is 5.82 Å². The van der Waals surface area contributed by atoms with E-state index in [0.29, 0.717) is 0 Å². The number of pyridine rings is 1. The minimum atomic E-state index is 0.858. The summed E-state index contributed by atoms with van der Waals surface area (Å²) in [5.74, 6) is 2.00. The summed E-state index contributed by atoms with van der Waals surface area (Å²) in [6.45, 7) is 10.1. The van der Waals surface area contributed by atoms with Crippen molar-refractivity contribution in [1.29, 1.82) is 0 Å². The molecule has 0 unspecified atom stereocenters. The Bertz CT molecular complexity index is 711. The van der Waals surface area contributed by atoms with Crippen molar-refractivity contribution in [2.45, 2.75) is 26.3 Å². The topological polar surface area (TPSA) is 55.8 Å². The molecule has 29 heavy (non-hydrogen) atoms. The number of aliphatic imine (C=N–C) groups is 1. The highest BCUT2D eigenvalue weighted by molar-refractivity contribution is 5.80. The fourth-order valence-corrected chi connectivity index (χ4v) is 3.49. The molecule has 0 atom stereocenters. The zero-order chi connectivity index (χ0) is 20.2. The van der Waals surface area contributed by atoms with Crippen molar-refractivity contribution >= 4 is 11.8 Å². The van der Waals surface area contributed by atoms with Crippen LogP contribution in [-0.4, -0.2) is 66.6 Å². The van der Waals surface area contributed by atoms with E-state index in [1.165, 1.54) is 5.56 Å². The van der Waals surface area contributed by atoms with Gasteiger partial charge in [0.05, 0.1) is 0 Å². The van der Waals surface area contributed by atoms with Crippen molar-refractivity contribution in [3.8, 4) is 0 Å². The molecule has 1 aliphatic heterocycles. The highest BCUT2D eigenvalue weighted by Crippen LogP contribution is 2.09. The summed E-state index contributed by atoms with van der Waals surface area (Å²) in [4.78, 5) is 14.1. The van der Waals surface area contributed by atoms with Gasteiger partial charge in [-0.2, -0.15) is 0 Å². The van der Waals surface area contributed by atoms with E-state index in [2.05, 4.69) is 62.7 Å². The van der Waals surface area contributed by atoms with Crippen molar-refractivity contribution in [3.05, 3.63) is 60.3 Å². The lowest BCUT2D eigenvalue weighted by Gasteiger charge is -2.36. The van der Waals surface area contributed by atoms with Gasteiger partial charge in [-0.05, 0) is 37.5 Å². The third-order valence-electron chi connectivity index (χ3n) is 5.07. The van der Waals surface area contributed by atoms with Crippen LogP contribution in [0.5, 0.6) is 0 Å². The predicted octanol–water partition coefficient (Wildman–Crippen LogP) is 3.06. The molecule has 1 aromatic carbocycles. The van der Waals surface area contributed by atoms with Gasteiger partial charge in [-0.1, -0.05) is 36.4 Å². The minimum Gasteiger partial charge on any atom is -0.370 e. The molecule has 0 bridgehead atoms. The van der Waals surface area contributed by atoms with E-state index in [-0.39, 0.29) is 0 Å². The standard InChI is InChI=1S/C23H34N6/c1-2-24-23(27-15-9-8-14-26-22-12-6-7-13-25-22)29-18-16-28(17-19-29)20-21-10-4-3-5-11-21/h3-7,10-13H,2,8-9,14-20H2,1H3,(H,24,27)(H,25,26). The van der Waals surface area contributed by atoms with Crippen LogP contribution in [0, 0.1) is 0 Å². The number of nitrogens with zero attached hydrogens (tertiary/aromatic N) is 4. The van der Waals surface area contributed by atoms with Crippen LogP contribution in [0.15, 0.2) is 59.7 Å². The van der Waals surface area contributed by atoms with Crippen LogP contribution in [0.4, 0.5) is 5.82 Å². The second-order valence-corrected chi connectivity index (χ2v) is 7.33. The number of hydrogen-bond donors (Lipinski definition) is 2. The van der Waals surface area contributed by atoms with Crippen molar-refractivity contribution in [2.75, 3.05) is 51.1 Å². The number of anilines is 1. The van der Waals surface area contributed by atoms with E-state index in [4.69, 9.17) is 4.99 Å². The molecule has 6 nitrogen and oxygen atoms in total. The van der Waals surface area contributed by atoms with Gasteiger partial charge in [-0.25, -0.2) is 4.98 Å². The number of hydrogen-bond acceptors (Lipinski definition) is 4. The van der Waals surface area contributed by atoms with E-state index in [1.807, 2.05) is 24.4 Å². The van der Waals surface area contributed by atoms with Gasteiger partial charge in [0.2, 0.25) is 0 Å². The first-order chi connectivity index (χ1) is 14.3. The molecule has 2 heterocycles. The third-order valence-corrected chi connectivity index (χ3v) is 5.07. The Labute approximate surface area is 175 Å². The highest BCUT2D eigenvalue weighted by Gasteiger charge is 2.19. The predicted molar refractivity (Wildman–Crippen MR) is 121 cm³/mol. The molecule has 6 heteroatoms.